The molecule has 1 aliphatic heterocycles. The van der Waals surface area contributed by atoms with Gasteiger partial charge in [-0.1, -0.05) is 17.7 Å². The molecule has 216 valence electrons. The predicted octanol–water partition coefficient (Wildman–Crippen LogP) is 5.93. The normalized spacial score (nSPS) is 15.7. The molecule has 0 radical (unpaired) electrons. The third-order valence-electron chi connectivity index (χ3n) is 6.62. The summed E-state index contributed by atoms with van der Waals surface area (Å²) in [4.78, 5) is 25.4. The molecule has 1 saturated heterocycles. The van der Waals surface area contributed by atoms with Crippen LogP contribution in [-0.4, -0.2) is 44.7 Å². The largest absolute Gasteiger partial charge is 0.397 e. The number of hydrogen-bond donors (Lipinski definition) is 3. The fourth-order valence-electron chi connectivity index (χ4n) is 4.71. The quantitative estimate of drug-likeness (QED) is 0.219. The lowest BCUT2D eigenvalue weighted by Gasteiger charge is -2.24. The van der Waals surface area contributed by atoms with E-state index in [-0.39, 0.29) is 29.1 Å². The Morgan fingerprint density at radius 3 is 2.66 bits per heavy atom. The van der Waals surface area contributed by atoms with Gasteiger partial charge in [0, 0.05) is 24.3 Å². The van der Waals surface area contributed by atoms with Crippen LogP contribution in [0.5, 0.6) is 0 Å². The zero-order chi connectivity index (χ0) is 29.1. The molecule has 8 nitrogen and oxygen atoms in total. The van der Waals surface area contributed by atoms with Crippen molar-refractivity contribution in [2.45, 2.75) is 38.5 Å². The van der Waals surface area contributed by atoms with Crippen molar-refractivity contribution in [1.82, 2.24) is 24.8 Å². The molecule has 3 heterocycles. The highest BCUT2D eigenvalue weighted by Gasteiger charge is 2.31. The van der Waals surface area contributed by atoms with Gasteiger partial charge < -0.3 is 20.5 Å². The number of hydrogen-bond acceptors (Lipinski definition) is 6. The van der Waals surface area contributed by atoms with Crippen molar-refractivity contribution in [3.8, 4) is 11.4 Å². The number of halogens is 6. The molecule has 0 bridgehead atoms. The van der Waals surface area contributed by atoms with Crippen molar-refractivity contribution >= 4 is 40.3 Å². The molecule has 0 aliphatic carbocycles. The maximum absolute atomic E-state index is 13.6. The van der Waals surface area contributed by atoms with Crippen molar-refractivity contribution < 1.29 is 26.7 Å². The molecule has 0 saturated carbocycles. The van der Waals surface area contributed by atoms with E-state index in [1.165, 1.54) is 24.4 Å². The number of amides is 1. The first-order valence-electron chi connectivity index (χ1n) is 12.8. The lowest BCUT2D eigenvalue weighted by atomic mass is 9.99. The van der Waals surface area contributed by atoms with Crippen molar-refractivity contribution in [1.29, 1.82) is 0 Å². The van der Waals surface area contributed by atoms with E-state index in [4.69, 9.17) is 16.6 Å². The number of fused-ring (bicyclic) bond motifs is 1. The summed E-state index contributed by atoms with van der Waals surface area (Å²) >= 11 is 6.55. The van der Waals surface area contributed by atoms with Gasteiger partial charge in [0.15, 0.2) is 17.3 Å². The van der Waals surface area contributed by atoms with E-state index in [1.54, 1.807) is 6.07 Å². The SMILES string of the molecule is O=C(CC(F)(F)F)Nc1ccc(-c2nc3cnc(NCc4ccc(F)c(F)c4)nc3n2C[C@@H]2CCCNC2)c(Cl)c1. The van der Waals surface area contributed by atoms with Crippen LogP contribution in [0.15, 0.2) is 42.6 Å². The number of carbonyl (C=O) groups excluding carboxylic acids is 1. The van der Waals surface area contributed by atoms with Gasteiger partial charge in [-0.3, -0.25) is 4.79 Å². The summed E-state index contributed by atoms with van der Waals surface area (Å²) in [6, 6.07) is 8.01. The van der Waals surface area contributed by atoms with Crippen LogP contribution in [0.4, 0.5) is 33.6 Å². The van der Waals surface area contributed by atoms with Crippen LogP contribution in [0.2, 0.25) is 5.02 Å². The Bertz CT molecular complexity index is 1570. The van der Waals surface area contributed by atoms with Gasteiger partial charge >= 0.3 is 6.18 Å². The fraction of sp³-hybridized carbons (Fsp3) is 0.333. The van der Waals surface area contributed by atoms with E-state index in [0.717, 1.165) is 38.1 Å². The van der Waals surface area contributed by atoms with Crippen molar-refractivity contribution in [2.24, 2.45) is 5.92 Å². The number of benzene rings is 2. The molecule has 1 atom stereocenters. The van der Waals surface area contributed by atoms with Gasteiger partial charge in [0.1, 0.15) is 17.8 Å². The molecular weight excluding hydrogens is 569 g/mol. The van der Waals surface area contributed by atoms with Gasteiger partial charge in [-0.15, -0.1) is 0 Å². The average Bonchev–Trinajstić information content (AvgIpc) is 3.26. The summed E-state index contributed by atoms with van der Waals surface area (Å²) in [5, 5.41) is 8.80. The first-order chi connectivity index (χ1) is 19.6. The molecule has 41 heavy (non-hydrogen) atoms. The summed E-state index contributed by atoms with van der Waals surface area (Å²) in [6.45, 7) is 2.44. The fourth-order valence-corrected chi connectivity index (χ4v) is 4.98. The summed E-state index contributed by atoms with van der Waals surface area (Å²) in [5.41, 5.74) is 2.13. The summed E-state index contributed by atoms with van der Waals surface area (Å²) in [6.07, 6.45) is -2.71. The Morgan fingerprint density at radius 1 is 1.12 bits per heavy atom. The van der Waals surface area contributed by atoms with E-state index in [9.17, 15) is 26.7 Å². The first kappa shape index (κ1) is 28.7. The monoisotopic (exact) mass is 593 g/mol. The molecule has 2 aromatic carbocycles. The smallest absolute Gasteiger partial charge is 0.350 e. The Morgan fingerprint density at radius 2 is 1.95 bits per heavy atom. The zero-order valence-corrected chi connectivity index (χ0v) is 22.3. The maximum Gasteiger partial charge on any atom is 0.397 e. The minimum Gasteiger partial charge on any atom is -0.350 e. The topological polar surface area (TPSA) is 96.8 Å². The maximum atomic E-state index is 13.6. The Hall–Kier alpha value is -3.84. The van der Waals surface area contributed by atoms with Gasteiger partial charge in [-0.25, -0.2) is 18.7 Å². The lowest BCUT2D eigenvalue weighted by Crippen LogP contribution is -2.32. The highest BCUT2D eigenvalue weighted by molar-refractivity contribution is 6.33. The molecule has 5 rings (SSSR count). The van der Waals surface area contributed by atoms with Crippen LogP contribution >= 0.6 is 11.6 Å². The number of imidazole rings is 1. The number of nitrogens with zero attached hydrogens (tertiary/aromatic N) is 4. The number of rotatable bonds is 8. The molecular formula is C27H25ClF5N7O. The molecule has 1 fully saturated rings. The van der Waals surface area contributed by atoms with E-state index < -0.39 is 30.1 Å². The minimum atomic E-state index is -4.63. The van der Waals surface area contributed by atoms with Gasteiger partial charge in [0.05, 0.1) is 11.2 Å². The number of nitrogens with one attached hydrogen (secondary N) is 3. The lowest BCUT2D eigenvalue weighted by molar-refractivity contribution is -0.150. The predicted molar refractivity (Wildman–Crippen MR) is 144 cm³/mol. The highest BCUT2D eigenvalue weighted by atomic mass is 35.5. The molecule has 1 aliphatic rings. The third-order valence-corrected chi connectivity index (χ3v) is 6.93. The van der Waals surface area contributed by atoms with Crippen LogP contribution in [0.3, 0.4) is 0 Å². The number of anilines is 2. The Labute approximate surface area is 236 Å². The molecule has 0 unspecified atom stereocenters. The van der Waals surface area contributed by atoms with Crippen LogP contribution < -0.4 is 16.0 Å². The highest BCUT2D eigenvalue weighted by Crippen LogP contribution is 2.33. The summed E-state index contributed by atoms with van der Waals surface area (Å²) < 4.78 is 66.5. The van der Waals surface area contributed by atoms with Crippen LogP contribution in [0.25, 0.3) is 22.6 Å². The number of carbonyl (C=O) groups is 1. The van der Waals surface area contributed by atoms with Crippen molar-refractivity contribution in [3.05, 3.63) is 64.8 Å². The van der Waals surface area contributed by atoms with Crippen molar-refractivity contribution in [2.75, 3.05) is 23.7 Å². The summed E-state index contributed by atoms with van der Waals surface area (Å²) in [7, 11) is 0. The molecule has 2 aromatic heterocycles. The summed E-state index contributed by atoms with van der Waals surface area (Å²) in [5.74, 6) is -2.07. The first-order valence-corrected chi connectivity index (χ1v) is 13.2. The Kier molecular flexibility index (Phi) is 8.36. The molecule has 1 amide bonds. The van der Waals surface area contributed by atoms with E-state index in [2.05, 4.69) is 25.9 Å². The second kappa shape index (κ2) is 12.0. The number of alkyl halides is 3. The standard InChI is InChI=1S/C27H25ClF5N7O/c28-19-9-17(37-23(41)10-27(31,32)33)4-5-18(19)24-38-22-13-36-26(35-12-15-3-6-20(29)21(30)8-15)39-25(22)40(24)14-16-2-1-7-34-11-16/h3-6,8-9,13,16,34H,1-2,7,10-12,14H2,(H,37,41)(H,35,36,39)/t16-/m1/s1. The third kappa shape index (κ3) is 7.09. The molecule has 4 aromatic rings. The van der Waals surface area contributed by atoms with Crippen LogP contribution in [-0.2, 0) is 17.9 Å². The van der Waals surface area contributed by atoms with E-state index in [0.29, 0.717) is 34.7 Å². The number of piperidine rings is 1. The van der Waals surface area contributed by atoms with Crippen LogP contribution in [0.1, 0.15) is 24.8 Å². The minimum absolute atomic E-state index is 0.121. The molecule has 0 spiro atoms. The zero-order valence-electron chi connectivity index (χ0n) is 21.5. The Balaban J connectivity index is 1.45. The van der Waals surface area contributed by atoms with Crippen molar-refractivity contribution in [3.63, 3.8) is 0 Å². The second-order valence-corrected chi connectivity index (χ2v) is 10.2. The molecule has 14 heteroatoms. The second-order valence-electron chi connectivity index (χ2n) is 9.80. The van der Waals surface area contributed by atoms with Gasteiger partial charge in [0.25, 0.3) is 0 Å². The van der Waals surface area contributed by atoms with Gasteiger partial charge in [-0.2, -0.15) is 18.2 Å². The average molecular weight is 594 g/mol. The van der Waals surface area contributed by atoms with E-state index >= 15 is 0 Å². The van der Waals surface area contributed by atoms with E-state index in [1.807, 2.05) is 4.57 Å². The van der Waals surface area contributed by atoms with Crippen LogP contribution in [0, 0.1) is 17.6 Å². The molecule has 3 N–H and O–H groups in total. The van der Waals surface area contributed by atoms with Gasteiger partial charge in [0.2, 0.25) is 11.9 Å². The number of aromatic nitrogens is 4. The van der Waals surface area contributed by atoms with Gasteiger partial charge in [-0.05, 0) is 67.7 Å².